The minimum atomic E-state index is -0.581. The number of aryl methyl sites for hydroxylation is 3. The molecule has 0 atom stereocenters. The number of hydrogen-bond acceptors (Lipinski definition) is 8. The van der Waals surface area contributed by atoms with Crippen LogP contribution in [0.2, 0.25) is 0 Å². The molecule has 0 unspecified atom stereocenters. The summed E-state index contributed by atoms with van der Waals surface area (Å²) in [6.07, 6.45) is 7.60. The molecular formula is C35H32N5O4S+. The molecule has 3 aromatic heterocycles. The summed E-state index contributed by atoms with van der Waals surface area (Å²) in [5.74, 6) is -1.52. The van der Waals surface area contributed by atoms with Gasteiger partial charge in [0.05, 0.1) is 23.1 Å². The first-order valence-electron chi connectivity index (χ1n) is 14.9. The molecule has 1 aliphatic rings. The largest absolute Gasteiger partial charge is 0.333 e. The van der Waals surface area contributed by atoms with Crippen LogP contribution in [-0.4, -0.2) is 36.6 Å². The Labute approximate surface area is 265 Å². The molecule has 45 heavy (non-hydrogen) atoms. The Morgan fingerprint density at radius 3 is 2.24 bits per heavy atom. The highest BCUT2D eigenvalue weighted by atomic mass is 32.1. The molecule has 6 rings (SSSR count). The molecule has 10 heteroatoms. The Kier molecular flexibility index (Phi) is 8.84. The molecule has 5 aromatic rings. The molecule has 0 spiro atoms. The summed E-state index contributed by atoms with van der Waals surface area (Å²) in [6.45, 7) is 4.79. The summed E-state index contributed by atoms with van der Waals surface area (Å²) in [4.78, 5) is 45.8. The van der Waals surface area contributed by atoms with Crippen LogP contribution in [0.1, 0.15) is 54.6 Å². The molecule has 4 heterocycles. The topological polar surface area (TPSA) is 106 Å². The summed E-state index contributed by atoms with van der Waals surface area (Å²) in [5, 5.41) is 0.597. The van der Waals surface area contributed by atoms with Crippen LogP contribution in [0.4, 0.5) is 0 Å². The van der Waals surface area contributed by atoms with Crippen molar-refractivity contribution < 1.29 is 23.8 Å². The van der Waals surface area contributed by atoms with Crippen molar-refractivity contribution in [2.45, 2.75) is 52.5 Å². The number of imide groups is 1. The predicted octanol–water partition coefficient (Wildman–Crippen LogP) is 6.27. The molecular weight excluding hydrogens is 586 g/mol. The van der Waals surface area contributed by atoms with E-state index in [0.29, 0.717) is 24.4 Å². The third-order valence-corrected chi connectivity index (χ3v) is 8.25. The van der Waals surface area contributed by atoms with Crippen molar-refractivity contribution in [1.29, 1.82) is 0 Å². The number of carbonyl (C=O) groups is 3. The zero-order chi connectivity index (χ0) is 31.3. The summed E-state index contributed by atoms with van der Waals surface area (Å²) in [6, 6.07) is 22.6. The summed E-state index contributed by atoms with van der Waals surface area (Å²) in [5.41, 5.74) is 9.43. The maximum Gasteiger partial charge on any atom is 0.333 e. The number of aromatic nitrogens is 4. The van der Waals surface area contributed by atoms with Gasteiger partial charge >= 0.3 is 5.97 Å². The fourth-order valence-electron chi connectivity index (χ4n) is 5.26. The standard InChI is InChI=1S/C35H32N5O4S/c1-23-9-13-25(14-10-23)32-28(36-33(35-34(32)37-45-38-35)26-15-11-24(2)12-16-26)18-17-27-7-3-5-21-39(27)22-6-4-8-31(43)44-40-29(41)19-20-30(40)42/h3,5,7,9-18,21H,4,6,8,19-20,22H2,1-2H3/q+1/b18-17+. The van der Waals surface area contributed by atoms with E-state index in [0.717, 1.165) is 44.8 Å². The molecule has 0 bridgehead atoms. The van der Waals surface area contributed by atoms with E-state index in [9.17, 15) is 14.4 Å². The molecule has 0 N–H and O–H groups in total. The lowest BCUT2D eigenvalue weighted by Crippen LogP contribution is -2.36. The highest BCUT2D eigenvalue weighted by Crippen LogP contribution is 2.36. The van der Waals surface area contributed by atoms with E-state index in [1.165, 1.54) is 22.9 Å². The van der Waals surface area contributed by atoms with Gasteiger partial charge in [0, 0.05) is 55.0 Å². The molecule has 226 valence electrons. The number of nitrogens with zero attached hydrogens (tertiary/aromatic N) is 5. The van der Waals surface area contributed by atoms with Gasteiger partial charge in [-0.15, -0.1) is 5.06 Å². The Morgan fingerprint density at radius 2 is 1.53 bits per heavy atom. The second-order valence-electron chi connectivity index (χ2n) is 11.1. The van der Waals surface area contributed by atoms with Crippen LogP contribution >= 0.6 is 11.7 Å². The number of unbranched alkanes of at least 4 members (excludes halogenated alkanes) is 1. The lowest BCUT2D eigenvalue weighted by molar-refractivity contribution is -0.699. The van der Waals surface area contributed by atoms with Crippen molar-refractivity contribution in [2.75, 3.05) is 0 Å². The van der Waals surface area contributed by atoms with Gasteiger partial charge in [-0.1, -0.05) is 59.7 Å². The maximum atomic E-state index is 12.2. The third-order valence-electron chi connectivity index (χ3n) is 7.72. The van der Waals surface area contributed by atoms with Gasteiger partial charge in [0.15, 0.2) is 6.20 Å². The van der Waals surface area contributed by atoms with Crippen molar-refractivity contribution in [2.24, 2.45) is 0 Å². The Morgan fingerprint density at radius 1 is 0.867 bits per heavy atom. The fourth-order valence-corrected chi connectivity index (χ4v) is 5.82. The van der Waals surface area contributed by atoms with Crippen LogP contribution in [0.5, 0.6) is 0 Å². The number of rotatable bonds is 10. The van der Waals surface area contributed by atoms with Crippen LogP contribution < -0.4 is 4.57 Å². The van der Waals surface area contributed by atoms with E-state index in [1.54, 1.807) is 0 Å². The maximum absolute atomic E-state index is 12.2. The number of fused-ring (bicyclic) bond motifs is 1. The van der Waals surface area contributed by atoms with E-state index < -0.39 is 17.8 Å². The van der Waals surface area contributed by atoms with E-state index in [-0.39, 0.29) is 19.3 Å². The van der Waals surface area contributed by atoms with Crippen molar-refractivity contribution in [3.63, 3.8) is 0 Å². The number of benzene rings is 2. The van der Waals surface area contributed by atoms with Crippen LogP contribution in [0.25, 0.3) is 45.6 Å². The molecule has 2 amide bonds. The minimum absolute atomic E-state index is 0.0802. The number of hydrogen-bond donors (Lipinski definition) is 0. The van der Waals surface area contributed by atoms with Gasteiger partial charge in [-0.05, 0) is 38.0 Å². The van der Waals surface area contributed by atoms with E-state index in [2.05, 4.69) is 71.3 Å². The van der Waals surface area contributed by atoms with Gasteiger partial charge in [0.25, 0.3) is 11.8 Å². The molecule has 0 radical (unpaired) electrons. The lowest BCUT2D eigenvalue weighted by Gasteiger charge is -2.12. The monoisotopic (exact) mass is 618 g/mol. The highest BCUT2D eigenvalue weighted by Gasteiger charge is 2.32. The smallest absolute Gasteiger partial charge is 0.330 e. The van der Waals surface area contributed by atoms with Crippen LogP contribution in [0.3, 0.4) is 0 Å². The summed E-state index contributed by atoms with van der Waals surface area (Å²) >= 11 is 1.19. The van der Waals surface area contributed by atoms with Crippen LogP contribution in [0.15, 0.2) is 72.9 Å². The fraction of sp³-hybridized carbons (Fsp3) is 0.229. The average Bonchev–Trinajstić information content (AvgIpc) is 3.66. The first-order valence-corrected chi connectivity index (χ1v) is 15.6. The number of amides is 2. The summed E-state index contributed by atoms with van der Waals surface area (Å²) in [7, 11) is 0. The van der Waals surface area contributed by atoms with Gasteiger partial charge in [-0.3, -0.25) is 9.59 Å². The average molecular weight is 619 g/mol. The van der Waals surface area contributed by atoms with E-state index >= 15 is 0 Å². The molecule has 0 aliphatic carbocycles. The predicted molar refractivity (Wildman–Crippen MR) is 172 cm³/mol. The van der Waals surface area contributed by atoms with E-state index in [1.807, 2.05) is 36.5 Å². The van der Waals surface area contributed by atoms with Gasteiger partial charge in [0.1, 0.15) is 17.6 Å². The van der Waals surface area contributed by atoms with Crippen molar-refractivity contribution in [3.05, 3.63) is 95.4 Å². The molecule has 1 fully saturated rings. The van der Waals surface area contributed by atoms with Gasteiger partial charge in [-0.25, -0.2) is 9.78 Å². The Hall–Kier alpha value is -5.09. The Balaban J connectivity index is 1.26. The molecule has 1 saturated heterocycles. The van der Waals surface area contributed by atoms with E-state index in [4.69, 9.17) is 14.2 Å². The van der Waals surface area contributed by atoms with Crippen molar-refractivity contribution in [3.8, 4) is 22.4 Å². The Bertz CT molecular complexity index is 1900. The quantitative estimate of drug-likeness (QED) is 0.103. The first kappa shape index (κ1) is 30.0. The van der Waals surface area contributed by atoms with Crippen LogP contribution in [-0.2, 0) is 25.8 Å². The van der Waals surface area contributed by atoms with Gasteiger partial charge in [0.2, 0.25) is 5.69 Å². The minimum Gasteiger partial charge on any atom is -0.330 e. The molecule has 9 nitrogen and oxygen atoms in total. The van der Waals surface area contributed by atoms with Gasteiger partial charge < -0.3 is 4.84 Å². The second kappa shape index (κ2) is 13.3. The zero-order valence-electron chi connectivity index (χ0n) is 25.1. The van der Waals surface area contributed by atoms with Crippen molar-refractivity contribution in [1.82, 2.24) is 18.8 Å². The van der Waals surface area contributed by atoms with Gasteiger partial charge in [-0.2, -0.15) is 13.3 Å². The van der Waals surface area contributed by atoms with Crippen molar-refractivity contribution >= 4 is 52.7 Å². The number of hydroxylamine groups is 2. The zero-order valence-corrected chi connectivity index (χ0v) is 25.9. The van der Waals surface area contributed by atoms with Crippen LogP contribution in [0, 0.1) is 13.8 Å². The molecule has 1 aliphatic heterocycles. The first-order chi connectivity index (χ1) is 21.9. The SMILES string of the molecule is Cc1ccc(-c2nc(/C=C/c3cccc[n+]3CCCCC(=O)ON3C(=O)CCC3=O)c(-c3ccc(C)cc3)c3nsnc23)cc1. The second-order valence-corrected chi connectivity index (χ2v) is 11.6. The third kappa shape index (κ3) is 6.71. The highest BCUT2D eigenvalue weighted by molar-refractivity contribution is 7.00. The molecule has 2 aromatic carbocycles. The number of carbonyl (C=O) groups excluding carboxylic acids is 3. The normalized spacial score (nSPS) is 13.3. The number of pyridine rings is 2. The lowest BCUT2D eigenvalue weighted by atomic mass is 9.98. The molecule has 0 saturated carbocycles. The summed E-state index contributed by atoms with van der Waals surface area (Å²) < 4.78 is 11.5.